The first kappa shape index (κ1) is 9.11. The number of nitrogens with zero attached hydrogens (tertiary/aromatic N) is 1. The number of rotatable bonds is 2. The Morgan fingerprint density at radius 1 is 1.62 bits per heavy atom. The van der Waals surface area contributed by atoms with Gasteiger partial charge in [0.1, 0.15) is 11.3 Å². The summed E-state index contributed by atoms with van der Waals surface area (Å²) in [6.45, 7) is 0. The maximum atomic E-state index is 11.0. The monoisotopic (exact) mass is 182 g/mol. The topological polar surface area (TPSA) is 88.6 Å². The Labute approximate surface area is 72.5 Å². The Hall–Kier alpha value is -1.98. The molecule has 6 nitrogen and oxygen atoms in total. The molecule has 0 amide bonds. The number of ether oxygens (including phenoxy) is 1. The molecule has 0 aliphatic heterocycles. The Bertz CT molecular complexity index is 396. The zero-order valence-electron chi connectivity index (χ0n) is 6.73. The molecule has 1 heterocycles. The standard InChI is InChI=1S/C7H6N2O4/c1-13-7(11)5-2-4(9-12)3-8-6(5)10/h2-3H,1H3,(H,8,10). The first-order valence-corrected chi connectivity index (χ1v) is 3.33. The van der Waals surface area contributed by atoms with Crippen LogP contribution in [0.1, 0.15) is 10.4 Å². The summed E-state index contributed by atoms with van der Waals surface area (Å²) in [5.41, 5.74) is -0.876. The third kappa shape index (κ3) is 1.78. The highest BCUT2D eigenvalue weighted by atomic mass is 16.5. The normalized spacial score (nSPS) is 9.31. The summed E-state index contributed by atoms with van der Waals surface area (Å²) in [7, 11) is 1.14. The number of aromatic nitrogens is 1. The molecule has 0 atom stereocenters. The van der Waals surface area contributed by atoms with Gasteiger partial charge in [0.2, 0.25) is 0 Å². The number of carbonyl (C=O) groups excluding carboxylic acids is 1. The first-order chi connectivity index (χ1) is 6.19. The fourth-order valence-electron chi connectivity index (χ4n) is 0.787. The van der Waals surface area contributed by atoms with Gasteiger partial charge in [0.25, 0.3) is 5.56 Å². The minimum absolute atomic E-state index is 0.0278. The molecule has 1 N–H and O–H groups in total. The number of pyridine rings is 1. The summed E-state index contributed by atoms with van der Waals surface area (Å²) in [4.78, 5) is 34.1. The molecule has 0 aliphatic carbocycles. The van der Waals surface area contributed by atoms with Crippen molar-refractivity contribution in [3.63, 3.8) is 0 Å². The highest BCUT2D eigenvalue weighted by Crippen LogP contribution is 2.08. The third-order valence-corrected chi connectivity index (χ3v) is 1.40. The SMILES string of the molecule is COC(=O)c1cc(N=O)c[nH]c1=O. The van der Waals surface area contributed by atoms with Gasteiger partial charge in [-0.05, 0) is 11.2 Å². The van der Waals surface area contributed by atoms with E-state index in [1.165, 1.54) is 0 Å². The van der Waals surface area contributed by atoms with Crippen molar-refractivity contribution < 1.29 is 9.53 Å². The molecule has 1 aromatic rings. The van der Waals surface area contributed by atoms with E-state index in [0.717, 1.165) is 19.4 Å². The van der Waals surface area contributed by atoms with Crippen LogP contribution in [0.3, 0.4) is 0 Å². The second-order valence-corrected chi connectivity index (χ2v) is 2.18. The molecule has 0 fully saturated rings. The minimum Gasteiger partial charge on any atom is -0.465 e. The summed E-state index contributed by atoms with van der Waals surface area (Å²) in [5.74, 6) is -0.799. The fourth-order valence-corrected chi connectivity index (χ4v) is 0.787. The number of hydrogen-bond donors (Lipinski definition) is 1. The van der Waals surface area contributed by atoms with Crippen LogP contribution in [0.25, 0.3) is 0 Å². The number of hydrogen-bond acceptors (Lipinski definition) is 5. The van der Waals surface area contributed by atoms with Crippen LogP contribution in [0.15, 0.2) is 22.2 Å². The van der Waals surface area contributed by atoms with E-state index in [1.807, 2.05) is 0 Å². The van der Waals surface area contributed by atoms with E-state index < -0.39 is 11.5 Å². The van der Waals surface area contributed by atoms with Crippen molar-refractivity contribution in [1.29, 1.82) is 0 Å². The van der Waals surface area contributed by atoms with Crippen LogP contribution in [-0.2, 0) is 4.74 Å². The van der Waals surface area contributed by atoms with E-state index in [4.69, 9.17) is 0 Å². The number of aromatic amines is 1. The van der Waals surface area contributed by atoms with E-state index in [9.17, 15) is 14.5 Å². The van der Waals surface area contributed by atoms with Crippen molar-refractivity contribution >= 4 is 11.7 Å². The first-order valence-electron chi connectivity index (χ1n) is 3.33. The van der Waals surface area contributed by atoms with Crippen LogP contribution in [-0.4, -0.2) is 18.1 Å². The molecule has 6 heteroatoms. The van der Waals surface area contributed by atoms with Gasteiger partial charge in [-0.2, -0.15) is 0 Å². The second-order valence-electron chi connectivity index (χ2n) is 2.18. The lowest BCUT2D eigenvalue weighted by Gasteiger charge is -1.96. The average molecular weight is 182 g/mol. The molecule has 68 valence electrons. The van der Waals surface area contributed by atoms with Gasteiger partial charge >= 0.3 is 5.97 Å². The summed E-state index contributed by atoms with van der Waals surface area (Å²) < 4.78 is 4.31. The maximum absolute atomic E-state index is 11.0. The van der Waals surface area contributed by atoms with E-state index in [2.05, 4.69) is 14.9 Å². The number of carbonyl (C=O) groups is 1. The fraction of sp³-hybridized carbons (Fsp3) is 0.143. The molecule has 0 spiro atoms. The van der Waals surface area contributed by atoms with Crippen molar-refractivity contribution in [3.05, 3.63) is 33.1 Å². The maximum Gasteiger partial charge on any atom is 0.343 e. The van der Waals surface area contributed by atoms with Crippen LogP contribution >= 0.6 is 0 Å². The highest BCUT2D eigenvalue weighted by Gasteiger charge is 2.11. The molecule has 0 radical (unpaired) electrons. The van der Waals surface area contributed by atoms with Crippen molar-refractivity contribution in [2.45, 2.75) is 0 Å². The molecule has 0 aliphatic rings. The summed E-state index contributed by atoms with van der Waals surface area (Å²) in [6.07, 6.45) is 1.11. The Kier molecular flexibility index (Phi) is 2.53. The molecule has 0 bridgehead atoms. The van der Waals surface area contributed by atoms with E-state index >= 15 is 0 Å². The second kappa shape index (κ2) is 3.61. The lowest BCUT2D eigenvalue weighted by Crippen LogP contribution is -2.17. The van der Waals surface area contributed by atoms with Crippen LogP contribution in [0.4, 0.5) is 5.69 Å². The number of methoxy groups -OCH3 is 1. The van der Waals surface area contributed by atoms with Gasteiger partial charge < -0.3 is 9.72 Å². The van der Waals surface area contributed by atoms with Crippen LogP contribution in [0.5, 0.6) is 0 Å². The van der Waals surface area contributed by atoms with E-state index in [1.54, 1.807) is 0 Å². The molecule has 0 aromatic carbocycles. The molecule has 0 saturated carbocycles. The quantitative estimate of drug-likeness (QED) is 0.534. The largest absolute Gasteiger partial charge is 0.465 e. The molecule has 0 unspecified atom stereocenters. The highest BCUT2D eigenvalue weighted by molar-refractivity contribution is 5.89. The summed E-state index contributed by atoms with van der Waals surface area (Å²) in [6, 6.07) is 1.07. The van der Waals surface area contributed by atoms with E-state index in [-0.39, 0.29) is 11.3 Å². The molecule has 1 rings (SSSR count). The van der Waals surface area contributed by atoms with Crippen molar-refractivity contribution in [2.75, 3.05) is 7.11 Å². The third-order valence-electron chi connectivity index (χ3n) is 1.40. The number of nitroso groups, excluding NO2 is 1. The number of nitrogens with one attached hydrogen (secondary N) is 1. The Balaban J connectivity index is 3.26. The van der Waals surface area contributed by atoms with Crippen LogP contribution < -0.4 is 5.56 Å². The van der Waals surface area contributed by atoms with Gasteiger partial charge in [-0.3, -0.25) is 4.79 Å². The van der Waals surface area contributed by atoms with Crippen LogP contribution in [0.2, 0.25) is 0 Å². The lowest BCUT2D eigenvalue weighted by atomic mass is 10.2. The van der Waals surface area contributed by atoms with Gasteiger partial charge in [-0.1, -0.05) is 0 Å². The van der Waals surface area contributed by atoms with E-state index in [0.29, 0.717) is 0 Å². The van der Waals surface area contributed by atoms with Gasteiger partial charge in [0, 0.05) is 6.20 Å². The molecule has 13 heavy (non-hydrogen) atoms. The summed E-state index contributed by atoms with van der Waals surface area (Å²) in [5, 5.41) is 2.56. The predicted octanol–water partition coefficient (Wildman–Crippen LogP) is 0.559. The van der Waals surface area contributed by atoms with Gasteiger partial charge in [-0.25, -0.2) is 4.79 Å². The Morgan fingerprint density at radius 3 is 2.85 bits per heavy atom. The minimum atomic E-state index is -0.799. The molecular formula is C7H6N2O4. The molecule has 0 saturated heterocycles. The molecular weight excluding hydrogens is 176 g/mol. The number of esters is 1. The van der Waals surface area contributed by atoms with Crippen molar-refractivity contribution in [1.82, 2.24) is 4.98 Å². The van der Waals surface area contributed by atoms with Crippen molar-refractivity contribution in [2.24, 2.45) is 5.18 Å². The Morgan fingerprint density at radius 2 is 2.31 bits per heavy atom. The number of H-pyrrole nitrogens is 1. The zero-order valence-corrected chi connectivity index (χ0v) is 6.73. The zero-order chi connectivity index (χ0) is 9.84. The van der Waals surface area contributed by atoms with Gasteiger partial charge in [0.05, 0.1) is 7.11 Å². The smallest absolute Gasteiger partial charge is 0.343 e. The predicted molar refractivity (Wildman–Crippen MR) is 43.9 cm³/mol. The van der Waals surface area contributed by atoms with Gasteiger partial charge in [0.15, 0.2) is 0 Å². The average Bonchev–Trinajstić information content (AvgIpc) is 2.17. The summed E-state index contributed by atoms with van der Waals surface area (Å²) >= 11 is 0. The van der Waals surface area contributed by atoms with Gasteiger partial charge in [-0.15, -0.1) is 4.91 Å². The van der Waals surface area contributed by atoms with Crippen LogP contribution in [0, 0.1) is 4.91 Å². The van der Waals surface area contributed by atoms with Crippen molar-refractivity contribution in [3.8, 4) is 0 Å². The molecule has 1 aromatic heterocycles. The lowest BCUT2D eigenvalue weighted by molar-refractivity contribution is 0.0598.